The molecular formula is C108H121N19O7. The minimum atomic E-state index is -0.611. The van der Waals surface area contributed by atoms with Gasteiger partial charge in [0.1, 0.15) is 17.5 Å². The van der Waals surface area contributed by atoms with Gasteiger partial charge in [0.25, 0.3) is 11.8 Å². The molecule has 26 nitrogen and oxygen atoms in total. The van der Waals surface area contributed by atoms with Crippen LogP contribution in [0.2, 0.25) is 0 Å². The summed E-state index contributed by atoms with van der Waals surface area (Å²) in [5.74, 6) is 1.10. The van der Waals surface area contributed by atoms with Crippen molar-refractivity contribution < 1.29 is 33.5 Å². The summed E-state index contributed by atoms with van der Waals surface area (Å²) < 4.78 is 5.91. The van der Waals surface area contributed by atoms with Crippen LogP contribution in [0.5, 0.6) is 11.5 Å². The van der Waals surface area contributed by atoms with E-state index >= 15 is 0 Å². The number of nitrogens with two attached hydrogens (primary N) is 6. The van der Waals surface area contributed by atoms with E-state index in [1.165, 1.54) is 0 Å². The van der Waals surface area contributed by atoms with Crippen molar-refractivity contribution in [2.75, 3.05) is 72.0 Å². The van der Waals surface area contributed by atoms with E-state index in [1.54, 1.807) is 24.4 Å². The Morgan fingerprint density at radius 2 is 0.836 bits per heavy atom. The molecule has 11 aromatic carbocycles. The number of aromatic nitrogens is 1. The number of carbonyl (C=O) groups is 6. The molecule has 4 fully saturated rings. The number of guanidine groups is 3. The van der Waals surface area contributed by atoms with Gasteiger partial charge in [0.05, 0.1) is 35.2 Å². The van der Waals surface area contributed by atoms with Gasteiger partial charge in [-0.1, -0.05) is 279 Å². The van der Waals surface area contributed by atoms with Crippen LogP contribution < -0.4 is 60.4 Å². The average molecular weight is 1800 g/mol. The van der Waals surface area contributed by atoms with E-state index in [4.69, 9.17) is 39.1 Å². The SMILES string of the molecule is NC(N)=NCCC[C@@H]1N[C@H](CNC(=O)c2cccc(Oc3ccccc3)c2)CCN(CC(c2ccccc2)c2ccccc2)C1=O.NC(N)=NCCC[C@@H]1N[C@H](CNC(=O)c2cnc3ccccc3c2)CCN(CC(c2ccccc2)c2ccccc2)C1=O.NC(N)=NCCC[C@H]1C(=O)N(C(c2ccccc2)c2ccccc2)CC[C@H]2CN(Cc3ccc(-c4ccccc4)cc3)C(=O)N21. The number of aliphatic imine (C=N–C) groups is 3. The minimum absolute atomic E-state index is 0.0234. The zero-order valence-electron chi connectivity index (χ0n) is 75.6. The number of pyridine rings is 1. The van der Waals surface area contributed by atoms with Crippen LogP contribution in [0.1, 0.15) is 135 Å². The largest absolute Gasteiger partial charge is 0.457 e. The molecule has 5 heterocycles. The molecule has 0 saturated carbocycles. The van der Waals surface area contributed by atoms with Crippen LogP contribution in [0.3, 0.4) is 0 Å². The van der Waals surface area contributed by atoms with Crippen LogP contribution >= 0.6 is 0 Å². The first kappa shape index (κ1) is 95.1. The number of amides is 7. The van der Waals surface area contributed by atoms with Crippen LogP contribution in [-0.2, 0) is 20.9 Å². The Labute approximate surface area is 784 Å². The molecule has 0 bridgehead atoms. The summed E-state index contributed by atoms with van der Waals surface area (Å²) >= 11 is 0. The second-order valence-electron chi connectivity index (χ2n) is 34.2. The minimum Gasteiger partial charge on any atom is -0.457 e. The van der Waals surface area contributed by atoms with E-state index in [0.717, 1.165) is 61.0 Å². The highest BCUT2D eigenvalue weighted by atomic mass is 16.5. The van der Waals surface area contributed by atoms with Crippen molar-refractivity contribution in [1.82, 2.24) is 50.8 Å². The van der Waals surface area contributed by atoms with Crippen molar-refractivity contribution in [2.24, 2.45) is 49.4 Å². The molecule has 6 atom stereocenters. The number of nitrogens with one attached hydrogen (secondary N) is 4. The quantitative estimate of drug-likeness (QED) is 0.0102. The van der Waals surface area contributed by atoms with Crippen molar-refractivity contribution in [3.8, 4) is 22.6 Å². The molecular weight excluding hydrogens is 1680 g/mol. The zero-order chi connectivity index (χ0) is 93.3. The maximum absolute atomic E-state index is 14.6. The van der Waals surface area contributed by atoms with Gasteiger partial charge in [0.2, 0.25) is 17.7 Å². The normalized spacial score (nSPS) is 17.2. The van der Waals surface area contributed by atoms with E-state index in [9.17, 15) is 28.8 Å². The van der Waals surface area contributed by atoms with Crippen molar-refractivity contribution in [3.05, 3.63) is 378 Å². The summed E-state index contributed by atoms with van der Waals surface area (Å²) in [4.78, 5) is 109. The molecule has 16 rings (SSSR count). The molecule has 4 saturated heterocycles. The fourth-order valence-electron chi connectivity index (χ4n) is 18.1. The van der Waals surface area contributed by atoms with E-state index < -0.39 is 18.1 Å². The molecule has 26 heteroatoms. The summed E-state index contributed by atoms with van der Waals surface area (Å²) in [6.07, 6.45) is 7.17. The third kappa shape index (κ3) is 26.7. The number of para-hydroxylation sites is 2. The van der Waals surface area contributed by atoms with Gasteiger partial charge >= 0.3 is 6.03 Å². The second kappa shape index (κ2) is 48.2. The Morgan fingerprint density at radius 1 is 0.418 bits per heavy atom. The molecule has 12 aromatic rings. The Morgan fingerprint density at radius 3 is 1.31 bits per heavy atom. The van der Waals surface area contributed by atoms with Gasteiger partial charge in [-0.25, -0.2) is 4.79 Å². The number of fused-ring (bicyclic) bond motifs is 2. The van der Waals surface area contributed by atoms with Crippen molar-refractivity contribution >= 4 is 64.3 Å². The Hall–Kier alpha value is -15.0. The second-order valence-corrected chi connectivity index (χ2v) is 34.2. The molecule has 16 N–H and O–H groups in total. The van der Waals surface area contributed by atoms with Gasteiger partial charge in [-0.05, 0) is 150 Å². The lowest BCUT2D eigenvalue weighted by atomic mass is 9.90. The average Bonchev–Trinajstić information content (AvgIpc) is 1.58. The lowest BCUT2D eigenvalue weighted by molar-refractivity contribution is -0.136. The molecule has 0 radical (unpaired) electrons. The fourth-order valence-corrected chi connectivity index (χ4v) is 18.1. The van der Waals surface area contributed by atoms with E-state index in [2.05, 4.69) is 150 Å². The van der Waals surface area contributed by atoms with E-state index in [0.29, 0.717) is 159 Å². The van der Waals surface area contributed by atoms with Crippen LogP contribution in [0.25, 0.3) is 22.0 Å². The lowest BCUT2D eigenvalue weighted by Crippen LogP contribution is -2.50. The Kier molecular flexibility index (Phi) is 34.2. The predicted molar refractivity (Wildman–Crippen MR) is 531 cm³/mol. The molecule has 0 spiro atoms. The van der Waals surface area contributed by atoms with Crippen molar-refractivity contribution in [1.29, 1.82) is 0 Å². The number of hydrogen-bond acceptors (Lipinski definition) is 13. The molecule has 0 aliphatic carbocycles. The maximum Gasteiger partial charge on any atom is 0.321 e. The summed E-state index contributed by atoms with van der Waals surface area (Å²) in [5, 5.41) is 14.1. The molecule has 0 unspecified atom stereocenters. The van der Waals surface area contributed by atoms with Crippen LogP contribution in [0.4, 0.5) is 4.79 Å². The van der Waals surface area contributed by atoms with Gasteiger partial charge < -0.3 is 84.9 Å². The van der Waals surface area contributed by atoms with E-state index in [1.807, 2.05) is 219 Å². The van der Waals surface area contributed by atoms with Crippen LogP contribution in [-0.4, -0.2) is 191 Å². The summed E-state index contributed by atoms with van der Waals surface area (Å²) in [7, 11) is 0. The molecule has 4 aliphatic heterocycles. The smallest absolute Gasteiger partial charge is 0.321 e. The monoisotopic (exact) mass is 1800 g/mol. The maximum atomic E-state index is 14.6. The molecule has 690 valence electrons. The number of nitrogens with zero attached hydrogens (tertiary/aromatic N) is 9. The molecule has 134 heavy (non-hydrogen) atoms. The van der Waals surface area contributed by atoms with Crippen molar-refractivity contribution in [2.45, 2.75) is 118 Å². The van der Waals surface area contributed by atoms with Crippen LogP contribution in [0.15, 0.2) is 343 Å². The third-order valence-electron chi connectivity index (χ3n) is 24.9. The fraction of sp³-hybridized carbons (Fsp3) is 0.278. The number of rotatable bonds is 34. The Balaban J connectivity index is 0.000000161. The van der Waals surface area contributed by atoms with Gasteiger partial charge in [-0.2, -0.15) is 0 Å². The highest BCUT2D eigenvalue weighted by Crippen LogP contribution is 2.38. The predicted octanol–water partition coefficient (Wildman–Crippen LogP) is 13.5. The summed E-state index contributed by atoms with van der Waals surface area (Å²) in [5.41, 5.74) is 45.2. The van der Waals surface area contributed by atoms with Crippen molar-refractivity contribution in [3.63, 3.8) is 0 Å². The number of ether oxygens (including phenoxy) is 1. The number of urea groups is 1. The van der Waals surface area contributed by atoms with Gasteiger partial charge in [0, 0.05) is 120 Å². The van der Waals surface area contributed by atoms with Gasteiger partial charge in [-0.3, -0.25) is 43.9 Å². The molecule has 7 amide bonds. The standard InChI is InChI=1S/C37H42N6O3.C37H40N6O2.C34H39N7O2/c38-37(39)40-22-11-20-34-36(45)43(26-33(27-12-4-1-5-13-27)28-14-6-2-7-15-28)23-21-30(42-34)25-41-35(44)29-16-10-19-32(24-29)46-31-17-8-3-9-18-31;38-36(39)40-23-10-17-33-35(44)42(34(30-13-6-2-7-14-30)31-15-8-3-9-16-31)24-22-32-26-41(37(45)43(32)33)25-27-18-20-29(21-19-27)28-11-4-1-5-12-28;35-34(36)37-18-9-16-31-33(43)41(23-29(24-10-3-1-4-11-24)25-12-5-2-6-13-25)19-17-28(40-31)22-39-32(42)27-20-26-14-7-8-15-30(26)38-21-27/h1-10,12-19,24,30,33-34,42H,11,20-23,25-26H2,(H,41,44)(H4,38,39,40);1-9,11-16,18-21,32-34H,10,17,22-26H2,(H4,38,39,40);1-8,10-15,20-21,28-29,31,40H,9,16-19,22-23H2,(H,39,42)(H4,35,36,37)/t30-,34-;32-,33-;28-,31-/m000/s1. The lowest BCUT2D eigenvalue weighted by Gasteiger charge is -2.35. The first-order chi connectivity index (χ1) is 65.4. The number of benzene rings is 11. The van der Waals surface area contributed by atoms with Crippen LogP contribution in [0, 0.1) is 0 Å². The summed E-state index contributed by atoms with van der Waals surface area (Å²) in [6.45, 7) is 5.90. The summed E-state index contributed by atoms with van der Waals surface area (Å²) in [6, 6.07) is 104. The highest BCUT2D eigenvalue weighted by Gasteiger charge is 2.48. The first-order valence-electron chi connectivity index (χ1n) is 46.2. The third-order valence-corrected chi connectivity index (χ3v) is 24.9. The van der Waals surface area contributed by atoms with Gasteiger partial charge in [-0.15, -0.1) is 0 Å². The highest BCUT2D eigenvalue weighted by molar-refractivity contribution is 5.97. The number of hydrogen-bond donors (Lipinski definition) is 10. The Bertz CT molecular complexity index is 5750. The number of carbonyl (C=O) groups excluding carboxylic acids is 6. The van der Waals surface area contributed by atoms with E-state index in [-0.39, 0.29) is 89.4 Å². The first-order valence-corrected chi connectivity index (χ1v) is 46.2. The molecule has 4 aliphatic rings. The topological polar surface area (TPSA) is 382 Å². The zero-order valence-corrected chi connectivity index (χ0v) is 75.6. The molecule has 1 aromatic heterocycles. The van der Waals surface area contributed by atoms with Gasteiger partial charge in [0.15, 0.2) is 17.9 Å².